The number of carbonyl (C=O) groups excluding carboxylic acids is 4. The smallest absolute Gasteiger partial charge is 0.325 e. The minimum atomic E-state index is -1.20. The van der Waals surface area contributed by atoms with Gasteiger partial charge in [-0.1, -0.05) is 34.1 Å². The lowest BCUT2D eigenvalue weighted by molar-refractivity contribution is -0.142. The van der Waals surface area contributed by atoms with Crippen molar-refractivity contribution in [1.29, 1.82) is 0 Å². The summed E-state index contributed by atoms with van der Waals surface area (Å²) in [5.41, 5.74) is 10.8. The fraction of sp³-hybridized carbons (Fsp3) is 0.737. The summed E-state index contributed by atoms with van der Waals surface area (Å²) in [6.45, 7) is 8.32. The molecule has 4 amide bonds. The lowest BCUT2D eigenvalue weighted by Gasteiger charge is -2.29. The summed E-state index contributed by atoms with van der Waals surface area (Å²) in [4.78, 5) is 59.5. The van der Waals surface area contributed by atoms with Crippen LogP contribution >= 0.6 is 0 Å². The van der Waals surface area contributed by atoms with Gasteiger partial charge in [0, 0.05) is 6.42 Å². The van der Waals surface area contributed by atoms with Gasteiger partial charge in [-0.25, -0.2) is 0 Å². The van der Waals surface area contributed by atoms with Gasteiger partial charge in [-0.2, -0.15) is 0 Å². The molecule has 0 aliphatic heterocycles. The molecular formula is C19H35N5O6. The van der Waals surface area contributed by atoms with E-state index in [0.717, 1.165) is 0 Å². The molecule has 11 nitrogen and oxygen atoms in total. The fourth-order valence-corrected chi connectivity index (χ4v) is 2.53. The summed E-state index contributed by atoms with van der Waals surface area (Å²) in [5.74, 6) is -4.23. The second kappa shape index (κ2) is 12.8. The highest BCUT2D eigenvalue weighted by atomic mass is 16.4. The molecule has 30 heavy (non-hydrogen) atoms. The number of aliphatic carboxylic acids is 1. The average Bonchev–Trinajstić information content (AvgIpc) is 2.66. The van der Waals surface area contributed by atoms with E-state index in [1.165, 1.54) is 6.92 Å². The van der Waals surface area contributed by atoms with E-state index in [2.05, 4.69) is 16.0 Å². The van der Waals surface area contributed by atoms with Crippen LogP contribution in [0.15, 0.2) is 0 Å². The molecule has 0 fully saturated rings. The van der Waals surface area contributed by atoms with Crippen molar-refractivity contribution in [2.75, 3.05) is 0 Å². The van der Waals surface area contributed by atoms with Crippen LogP contribution in [0.25, 0.3) is 0 Å². The first-order chi connectivity index (χ1) is 13.8. The highest BCUT2D eigenvalue weighted by Gasteiger charge is 2.33. The SMILES string of the molecule is CCC(C)C(NC(=O)C(N)CCC(N)=O)C(=O)NC(C(=O)NC(C)C(=O)O)C(C)C. The van der Waals surface area contributed by atoms with Gasteiger partial charge in [0.2, 0.25) is 23.6 Å². The van der Waals surface area contributed by atoms with E-state index in [1.54, 1.807) is 20.8 Å². The Labute approximate surface area is 176 Å². The number of carbonyl (C=O) groups is 5. The first-order valence-corrected chi connectivity index (χ1v) is 9.99. The van der Waals surface area contributed by atoms with Crippen LogP contribution in [0.1, 0.15) is 53.9 Å². The Bertz CT molecular complexity index is 639. The molecule has 0 spiro atoms. The number of carboxylic acid groups (broad SMARTS) is 1. The largest absolute Gasteiger partial charge is 0.480 e. The molecule has 0 rings (SSSR count). The van der Waals surface area contributed by atoms with E-state index >= 15 is 0 Å². The van der Waals surface area contributed by atoms with E-state index in [9.17, 15) is 24.0 Å². The molecule has 172 valence electrons. The van der Waals surface area contributed by atoms with Gasteiger partial charge in [-0.05, 0) is 25.2 Å². The van der Waals surface area contributed by atoms with E-state index in [1.807, 2.05) is 6.92 Å². The molecule has 8 N–H and O–H groups in total. The van der Waals surface area contributed by atoms with Gasteiger partial charge in [-0.15, -0.1) is 0 Å². The fourth-order valence-electron chi connectivity index (χ4n) is 2.53. The first-order valence-electron chi connectivity index (χ1n) is 9.99. The molecule has 0 aliphatic rings. The van der Waals surface area contributed by atoms with Crippen LogP contribution in [0.5, 0.6) is 0 Å². The molecule has 5 unspecified atom stereocenters. The second-order valence-electron chi connectivity index (χ2n) is 7.78. The molecule has 0 saturated carbocycles. The molecule has 0 aromatic carbocycles. The normalized spacial score (nSPS) is 16.0. The first kappa shape index (κ1) is 27.3. The number of nitrogens with one attached hydrogen (secondary N) is 3. The predicted octanol–water partition coefficient (Wildman–Crippen LogP) is -1.16. The van der Waals surface area contributed by atoms with Crippen LogP contribution in [-0.2, 0) is 24.0 Å². The molecule has 0 heterocycles. The maximum absolute atomic E-state index is 12.9. The Morgan fingerprint density at radius 3 is 1.80 bits per heavy atom. The maximum atomic E-state index is 12.9. The van der Waals surface area contributed by atoms with Gasteiger partial charge >= 0.3 is 5.97 Å². The lowest BCUT2D eigenvalue weighted by Crippen LogP contribution is -2.59. The van der Waals surface area contributed by atoms with Crippen molar-refractivity contribution in [2.24, 2.45) is 23.3 Å². The van der Waals surface area contributed by atoms with Gasteiger partial charge in [0.25, 0.3) is 0 Å². The Balaban J connectivity index is 5.31. The molecule has 11 heteroatoms. The molecule has 0 saturated heterocycles. The zero-order valence-electron chi connectivity index (χ0n) is 18.2. The second-order valence-corrected chi connectivity index (χ2v) is 7.78. The standard InChI is InChI=1S/C19H35N5O6/c1-6-10(4)15(24-16(26)12(20)7-8-13(21)25)18(28)23-14(9(2)3)17(27)22-11(5)19(29)30/h9-12,14-15H,6-8,20H2,1-5H3,(H2,21,25)(H,22,27)(H,23,28)(H,24,26)(H,29,30). The molecule has 0 radical (unpaired) electrons. The molecule has 0 aromatic rings. The zero-order valence-corrected chi connectivity index (χ0v) is 18.2. The van der Waals surface area contributed by atoms with Crippen molar-refractivity contribution in [3.8, 4) is 0 Å². The zero-order chi connectivity index (χ0) is 23.6. The number of amides is 4. The monoisotopic (exact) mass is 429 g/mol. The minimum absolute atomic E-state index is 0.0418. The molecular weight excluding hydrogens is 394 g/mol. The number of primary amides is 1. The summed E-state index contributed by atoms with van der Waals surface area (Å²) in [5, 5.41) is 16.5. The van der Waals surface area contributed by atoms with Crippen LogP contribution in [0.3, 0.4) is 0 Å². The van der Waals surface area contributed by atoms with Crippen molar-refractivity contribution in [2.45, 2.75) is 78.0 Å². The van der Waals surface area contributed by atoms with Crippen LogP contribution in [-0.4, -0.2) is 58.9 Å². The number of rotatable bonds is 13. The van der Waals surface area contributed by atoms with Crippen molar-refractivity contribution >= 4 is 29.6 Å². The minimum Gasteiger partial charge on any atom is -0.480 e. The number of hydrogen-bond donors (Lipinski definition) is 6. The average molecular weight is 430 g/mol. The quantitative estimate of drug-likeness (QED) is 0.212. The molecule has 0 bridgehead atoms. The predicted molar refractivity (Wildman–Crippen MR) is 110 cm³/mol. The van der Waals surface area contributed by atoms with Crippen LogP contribution < -0.4 is 27.4 Å². The Morgan fingerprint density at radius 2 is 1.37 bits per heavy atom. The van der Waals surface area contributed by atoms with Gasteiger partial charge in [0.1, 0.15) is 18.1 Å². The van der Waals surface area contributed by atoms with Crippen molar-refractivity contribution < 1.29 is 29.1 Å². The summed E-state index contributed by atoms with van der Waals surface area (Å²) >= 11 is 0. The van der Waals surface area contributed by atoms with Gasteiger partial charge in [-0.3, -0.25) is 24.0 Å². The van der Waals surface area contributed by atoms with Gasteiger partial charge in [0.05, 0.1) is 6.04 Å². The van der Waals surface area contributed by atoms with Crippen LogP contribution in [0.2, 0.25) is 0 Å². The van der Waals surface area contributed by atoms with Gasteiger partial charge in [0.15, 0.2) is 0 Å². The van der Waals surface area contributed by atoms with E-state index in [-0.39, 0.29) is 24.7 Å². The third-order valence-corrected chi connectivity index (χ3v) is 4.81. The summed E-state index contributed by atoms with van der Waals surface area (Å²) in [6.07, 6.45) is 0.537. The number of hydrogen-bond acceptors (Lipinski definition) is 6. The van der Waals surface area contributed by atoms with Crippen molar-refractivity contribution in [3.63, 3.8) is 0 Å². The molecule has 5 atom stereocenters. The van der Waals surface area contributed by atoms with Crippen molar-refractivity contribution in [3.05, 3.63) is 0 Å². The summed E-state index contributed by atoms with van der Waals surface area (Å²) in [7, 11) is 0. The highest BCUT2D eigenvalue weighted by Crippen LogP contribution is 2.11. The number of nitrogens with two attached hydrogens (primary N) is 2. The number of carboxylic acids is 1. The lowest BCUT2D eigenvalue weighted by atomic mass is 9.96. The van der Waals surface area contributed by atoms with E-state index < -0.39 is 53.8 Å². The molecule has 0 aliphatic carbocycles. The van der Waals surface area contributed by atoms with Crippen molar-refractivity contribution in [1.82, 2.24) is 16.0 Å². The third kappa shape index (κ3) is 9.21. The summed E-state index contributed by atoms with van der Waals surface area (Å²) < 4.78 is 0. The Hall–Kier alpha value is -2.69. The van der Waals surface area contributed by atoms with Crippen LogP contribution in [0, 0.1) is 11.8 Å². The Kier molecular flexibility index (Phi) is 11.6. The highest BCUT2D eigenvalue weighted by molar-refractivity contribution is 5.94. The molecule has 0 aromatic heterocycles. The summed E-state index contributed by atoms with van der Waals surface area (Å²) in [6, 6.07) is -4.10. The maximum Gasteiger partial charge on any atom is 0.325 e. The van der Waals surface area contributed by atoms with E-state index in [0.29, 0.717) is 6.42 Å². The topological polar surface area (TPSA) is 194 Å². The van der Waals surface area contributed by atoms with Gasteiger partial charge < -0.3 is 32.5 Å². The Morgan fingerprint density at radius 1 is 0.867 bits per heavy atom. The van der Waals surface area contributed by atoms with Crippen LogP contribution in [0.4, 0.5) is 0 Å². The third-order valence-electron chi connectivity index (χ3n) is 4.81. The van der Waals surface area contributed by atoms with E-state index in [4.69, 9.17) is 16.6 Å².